The van der Waals surface area contributed by atoms with Crippen LogP contribution in [0.15, 0.2) is 64.0 Å². The molecule has 2 aromatic carbocycles. The molecule has 1 heterocycles. The molecule has 1 aromatic heterocycles. The molecule has 3 rings (SSSR count). The Bertz CT molecular complexity index is 995. The minimum Gasteiger partial charge on any atom is -0.434 e. The maximum Gasteiger partial charge on any atom is 0.387 e. The highest BCUT2D eigenvalue weighted by molar-refractivity contribution is 7.07. The van der Waals surface area contributed by atoms with Crippen molar-refractivity contribution in [2.75, 3.05) is 7.05 Å². The summed E-state index contributed by atoms with van der Waals surface area (Å²) in [7, 11) is 1.59. The molecule has 0 unspecified atom stereocenters. The van der Waals surface area contributed by atoms with E-state index in [2.05, 4.69) is 14.8 Å². The Hall–Kier alpha value is -2.87. The van der Waals surface area contributed by atoms with Crippen LogP contribution in [0.4, 0.5) is 13.2 Å². The van der Waals surface area contributed by atoms with Gasteiger partial charge in [-0.1, -0.05) is 24.3 Å². The van der Waals surface area contributed by atoms with E-state index in [9.17, 15) is 13.2 Å². The van der Waals surface area contributed by atoms with Gasteiger partial charge in [0.15, 0.2) is 0 Å². The minimum atomic E-state index is -2.94. The van der Waals surface area contributed by atoms with Crippen LogP contribution in [0.2, 0.25) is 0 Å². The summed E-state index contributed by atoms with van der Waals surface area (Å²) >= 11 is 1.29. The lowest BCUT2D eigenvalue weighted by molar-refractivity contribution is -0.0499. The molecular weight excluding hydrogens is 363 g/mol. The molecule has 3 aromatic rings. The van der Waals surface area contributed by atoms with Gasteiger partial charge >= 0.3 is 6.61 Å². The number of nitrogens with zero attached hydrogens (tertiary/aromatic N) is 3. The van der Waals surface area contributed by atoms with Crippen LogP contribution in [0.25, 0.3) is 11.3 Å². The highest BCUT2D eigenvalue weighted by Gasteiger charge is 2.12. The molecule has 0 saturated heterocycles. The summed E-state index contributed by atoms with van der Waals surface area (Å²) < 4.78 is 45.2. The van der Waals surface area contributed by atoms with E-state index in [1.54, 1.807) is 48.8 Å². The van der Waals surface area contributed by atoms with Crippen LogP contribution in [0.5, 0.6) is 5.75 Å². The van der Waals surface area contributed by atoms with Gasteiger partial charge in [0.1, 0.15) is 11.6 Å². The van der Waals surface area contributed by atoms with Crippen molar-refractivity contribution in [2.45, 2.75) is 6.61 Å². The van der Waals surface area contributed by atoms with Crippen LogP contribution in [0.3, 0.4) is 0 Å². The molecule has 134 valence electrons. The Morgan fingerprint density at radius 3 is 2.58 bits per heavy atom. The number of para-hydroxylation sites is 1. The Balaban J connectivity index is 2.05. The number of ether oxygens (including phenoxy) is 1. The lowest BCUT2D eigenvalue weighted by Gasteiger charge is -2.08. The van der Waals surface area contributed by atoms with Crippen molar-refractivity contribution in [1.82, 2.24) is 4.68 Å². The molecule has 8 heteroatoms. The zero-order valence-electron chi connectivity index (χ0n) is 13.6. The monoisotopic (exact) mass is 377 g/mol. The molecule has 0 atom stereocenters. The number of benzene rings is 2. The first-order valence-electron chi connectivity index (χ1n) is 7.56. The number of hydrogen-bond acceptors (Lipinski definition) is 4. The van der Waals surface area contributed by atoms with Gasteiger partial charge in [-0.15, -0.1) is 11.3 Å². The molecule has 0 aliphatic heterocycles. The number of halogens is 3. The quantitative estimate of drug-likeness (QED) is 0.609. The molecule has 26 heavy (non-hydrogen) atoms. The Morgan fingerprint density at radius 2 is 1.85 bits per heavy atom. The van der Waals surface area contributed by atoms with Gasteiger partial charge in [0, 0.05) is 23.6 Å². The molecule has 0 saturated carbocycles. The second-order valence-electron chi connectivity index (χ2n) is 5.08. The number of aromatic nitrogens is 1. The summed E-state index contributed by atoms with van der Waals surface area (Å²) in [6.45, 7) is -2.94. The summed E-state index contributed by atoms with van der Waals surface area (Å²) in [5.74, 6) is -0.386. The van der Waals surface area contributed by atoms with Crippen LogP contribution in [0, 0.1) is 5.82 Å². The molecule has 0 radical (unpaired) electrons. The summed E-state index contributed by atoms with van der Waals surface area (Å²) in [5, 5.41) is 6.05. The van der Waals surface area contributed by atoms with Crippen molar-refractivity contribution >= 4 is 17.6 Å². The average Bonchev–Trinajstić information content (AvgIpc) is 3.03. The number of hydrogen-bond donors (Lipinski definition) is 0. The van der Waals surface area contributed by atoms with Gasteiger partial charge < -0.3 is 4.74 Å². The number of rotatable bonds is 5. The number of thiazole rings is 1. The first-order valence-corrected chi connectivity index (χ1v) is 8.44. The molecule has 0 spiro atoms. The maximum absolute atomic E-state index is 14.1. The van der Waals surface area contributed by atoms with Gasteiger partial charge in [0.2, 0.25) is 4.80 Å². The van der Waals surface area contributed by atoms with Gasteiger partial charge in [-0.3, -0.25) is 4.99 Å². The lowest BCUT2D eigenvalue weighted by atomic mass is 10.1. The fourth-order valence-electron chi connectivity index (χ4n) is 2.33. The zero-order valence-corrected chi connectivity index (χ0v) is 14.5. The van der Waals surface area contributed by atoms with Gasteiger partial charge in [-0.25, -0.2) is 9.07 Å². The fourth-order valence-corrected chi connectivity index (χ4v) is 3.12. The summed E-state index contributed by atoms with van der Waals surface area (Å²) in [6, 6.07) is 12.6. The third-order valence-electron chi connectivity index (χ3n) is 3.47. The predicted molar refractivity (Wildman–Crippen MR) is 95.3 cm³/mol. The Labute approximate surface area is 151 Å². The van der Waals surface area contributed by atoms with Crippen LogP contribution < -0.4 is 9.54 Å². The third kappa shape index (κ3) is 3.85. The SMILES string of the molecule is CN=c1scc(-c2ccccc2F)n1/N=C\c1ccccc1OC(F)F. The van der Waals surface area contributed by atoms with Crippen LogP contribution in [0.1, 0.15) is 5.56 Å². The van der Waals surface area contributed by atoms with Crippen LogP contribution >= 0.6 is 11.3 Å². The first kappa shape index (κ1) is 17.9. The van der Waals surface area contributed by atoms with E-state index >= 15 is 0 Å². The first-order chi connectivity index (χ1) is 12.6. The Morgan fingerprint density at radius 1 is 1.12 bits per heavy atom. The van der Waals surface area contributed by atoms with E-state index in [0.717, 1.165) is 0 Å². The van der Waals surface area contributed by atoms with Crippen molar-refractivity contribution < 1.29 is 17.9 Å². The predicted octanol–water partition coefficient (Wildman–Crippen LogP) is 4.37. The zero-order chi connectivity index (χ0) is 18.5. The van der Waals surface area contributed by atoms with Crippen molar-refractivity contribution in [1.29, 1.82) is 0 Å². The minimum absolute atomic E-state index is 0.00417. The van der Waals surface area contributed by atoms with E-state index < -0.39 is 12.4 Å². The lowest BCUT2D eigenvalue weighted by Crippen LogP contribution is -2.12. The summed E-state index contributed by atoms with van der Waals surface area (Å²) in [6.07, 6.45) is 1.38. The van der Waals surface area contributed by atoms with E-state index in [-0.39, 0.29) is 5.75 Å². The largest absolute Gasteiger partial charge is 0.434 e. The molecule has 0 fully saturated rings. The van der Waals surface area contributed by atoms with Gasteiger partial charge in [-0.05, 0) is 24.3 Å². The highest BCUT2D eigenvalue weighted by Crippen LogP contribution is 2.23. The van der Waals surface area contributed by atoms with E-state index in [1.165, 1.54) is 34.4 Å². The van der Waals surface area contributed by atoms with E-state index in [0.29, 0.717) is 21.6 Å². The standard InChI is InChI=1S/C18H14F3N3OS/c1-22-18-24(15(11-26-18)13-7-3-4-8-14(13)19)23-10-12-6-2-5-9-16(12)25-17(20)21/h2-11,17H,1H3/b22-18?,23-10-. The molecule has 0 aliphatic carbocycles. The van der Waals surface area contributed by atoms with Crippen molar-refractivity contribution in [3.8, 4) is 17.0 Å². The van der Waals surface area contributed by atoms with Crippen molar-refractivity contribution in [3.63, 3.8) is 0 Å². The molecule has 0 aliphatic rings. The van der Waals surface area contributed by atoms with Crippen molar-refractivity contribution in [2.24, 2.45) is 10.1 Å². The molecular formula is C18H14F3N3OS. The highest BCUT2D eigenvalue weighted by atomic mass is 32.1. The van der Waals surface area contributed by atoms with E-state index in [1.807, 2.05) is 0 Å². The summed E-state index contributed by atoms with van der Waals surface area (Å²) in [4.78, 5) is 4.66. The van der Waals surface area contributed by atoms with Gasteiger partial charge in [0.25, 0.3) is 0 Å². The van der Waals surface area contributed by atoms with Gasteiger partial charge in [-0.2, -0.15) is 13.9 Å². The average molecular weight is 377 g/mol. The third-order valence-corrected chi connectivity index (χ3v) is 4.38. The number of alkyl halides is 2. The molecule has 0 N–H and O–H groups in total. The van der Waals surface area contributed by atoms with E-state index in [4.69, 9.17) is 0 Å². The second kappa shape index (κ2) is 8.01. The second-order valence-corrected chi connectivity index (χ2v) is 5.92. The fraction of sp³-hybridized carbons (Fsp3) is 0.111. The Kier molecular flexibility index (Phi) is 5.52. The molecule has 4 nitrogen and oxygen atoms in total. The topological polar surface area (TPSA) is 38.9 Å². The molecule has 0 amide bonds. The normalized spacial score (nSPS) is 12.3. The molecule has 0 bridgehead atoms. The van der Waals surface area contributed by atoms with Crippen LogP contribution in [-0.2, 0) is 0 Å². The van der Waals surface area contributed by atoms with Crippen LogP contribution in [-0.4, -0.2) is 24.5 Å². The smallest absolute Gasteiger partial charge is 0.387 e. The summed E-state index contributed by atoms with van der Waals surface area (Å²) in [5.41, 5.74) is 1.25. The van der Waals surface area contributed by atoms with Crippen molar-refractivity contribution in [3.05, 3.63) is 70.1 Å². The maximum atomic E-state index is 14.1. The van der Waals surface area contributed by atoms with Gasteiger partial charge in [0.05, 0.1) is 11.9 Å².